The van der Waals surface area contributed by atoms with Crippen molar-refractivity contribution >= 4 is 11.8 Å². The molecule has 7 nitrogen and oxygen atoms in total. The Balaban J connectivity index is 1.38. The summed E-state index contributed by atoms with van der Waals surface area (Å²) in [7, 11) is 3.15. The van der Waals surface area contributed by atoms with Crippen LogP contribution in [0.3, 0.4) is 0 Å². The Kier molecular flexibility index (Phi) is 8.15. The van der Waals surface area contributed by atoms with Gasteiger partial charge in [-0.05, 0) is 42.7 Å². The monoisotopic (exact) mass is 426 g/mol. The molecule has 31 heavy (non-hydrogen) atoms. The van der Waals surface area contributed by atoms with Crippen molar-refractivity contribution in [2.24, 2.45) is 0 Å². The molecule has 1 fully saturated rings. The van der Waals surface area contributed by atoms with Crippen LogP contribution in [0.2, 0.25) is 0 Å². The normalized spacial score (nSPS) is 14.1. The first-order valence-electron chi connectivity index (χ1n) is 10.5. The zero-order valence-corrected chi connectivity index (χ0v) is 18.1. The Morgan fingerprint density at radius 1 is 1.00 bits per heavy atom. The van der Waals surface area contributed by atoms with E-state index in [4.69, 9.17) is 14.2 Å². The standard InChI is InChI=1S/C24H30N2O5/c1-29-21-9-8-18(16-22(21)30-2)17-23(27)25-19-10-13-26(14-11-19)24(28)12-15-31-20-6-4-3-5-7-20/h3-9,16,19H,10-15,17H2,1-2H3,(H,25,27). The van der Waals surface area contributed by atoms with Gasteiger partial charge in [-0.25, -0.2) is 0 Å². The molecule has 166 valence electrons. The van der Waals surface area contributed by atoms with Gasteiger partial charge in [0, 0.05) is 19.1 Å². The molecule has 1 heterocycles. The van der Waals surface area contributed by atoms with Gasteiger partial charge in [-0.15, -0.1) is 0 Å². The highest BCUT2D eigenvalue weighted by molar-refractivity contribution is 5.79. The minimum atomic E-state index is -0.0340. The maximum absolute atomic E-state index is 12.4. The highest BCUT2D eigenvalue weighted by atomic mass is 16.5. The number of nitrogens with zero attached hydrogens (tertiary/aromatic N) is 1. The largest absolute Gasteiger partial charge is 0.493 e. The van der Waals surface area contributed by atoms with Crippen molar-refractivity contribution in [2.45, 2.75) is 31.7 Å². The van der Waals surface area contributed by atoms with Crippen molar-refractivity contribution in [1.82, 2.24) is 10.2 Å². The molecular weight excluding hydrogens is 396 g/mol. The third kappa shape index (κ3) is 6.64. The lowest BCUT2D eigenvalue weighted by molar-refractivity contribution is -0.132. The number of amides is 2. The third-order valence-corrected chi connectivity index (χ3v) is 5.35. The molecule has 0 spiro atoms. The highest BCUT2D eigenvalue weighted by Gasteiger charge is 2.23. The van der Waals surface area contributed by atoms with Crippen LogP contribution in [-0.2, 0) is 16.0 Å². The molecule has 0 aromatic heterocycles. The van der Waals surface area contributed by atoms with Crippen molar-refractivity contribution in [3.05, 3.63) is 54.1 Å². The van der Waals surface area contributed by atoms with Gasteiger partial charge in [-0.3, -0.25) is 9.59 Å². The molecule has 2 aromatic carbocycles. The molecule has 0 saturated carbocycles. The minimum Gasteiger partial charge on any atom is -0.493 e. The molecule has 3 rings (SSSR count). The van der Waals surface area contributed by atoms with Gasteiger partial charge in [0.1, 0.15) is 5.75 Å². The van der Waals surface area contributed by atoms with Gasteiger partial charge in [0.25, 0.3) is 0 Å². The predicted octanol–water partition coefficient (Wildman–Crippen LogP) is 2.82. The molecule has 0 aliphatic carbocycles. The van der Waals surface area contributed by atoms with Gasteiger partial charge in [-0.2, -0.15) is 0 Å². The molecular formula is C24H30N2O5. The van der Waals surface area contributed by atoms with Crippen LogP contribution in [-0.4, -0.2) is 56.7 Å². The number of methoxy groups -OCH3 is 2. The van der Waals surface area contributed by atoms with E-state index in [1.54, 1.807) is 20.3 Å². The quantitative estimate of drug-likeness (QED) is 0.667. The number of carbonyl (C=O) groups is 2. The molecule has 2 aromatic rings. The first kappa shape index (κ1) is 22.5. The van der Waals surface area contributed by atoms with Crippen molar-refractivity contribution in [1.29, 1.82) is 0 Å². The van der Waals surface area contributed by atoms with Crippen LogP contribution in [0.5, 0.6) is 17.2 Å². The molecule has 0 atom stereocenters. The molecule has 1 aliphatic rings. The van der Waals surface area contributed by atoms with Crippen LogP contribution in [0, 0.1) is 0 Å². The Morgan fingerprint density at radius 3 is 2.39 bits per heavy atom. The highest BCUT2D eigenvalue weighted by Crippen LogP contribution is 2.27. The SMILES string of the molecule is COc1ccc(CC(=O)NC2CCN(C(=O)CCOc3ccccc3)CC2)cc1OC. The average Bonchev–Trinajstić information content (AvgIpc) is 2.80. The molecule has 1 saturated heterocycles. The summed E-state index contributed by atoms with van der Waals surface area (Å²) in [6.45, 7) is 1.65. The number of rotatable bonds is 9. The fraction of sp³-hybridized carbons (Fsp3) is 0.417. The van der Waals surface area contributed by atoms with Crippen LogP contribution in [0.1, 0.15) is 24.8 Å². The maximum atomic E-state index is 12.4. The lowest BCUT2D eigenvalue weighted by atomic mass is 10.0. The molecule has 7 heteroatoms. The number of hydrogen-bond donors (Lipinski definition) is 1. The fourth-order valence-corrected chi connectivity index (χ4v) is 3.66. The first-order valence-corrected chi connectivity index (χ1v) is 10.5. The molecule has 1 N–H and O–H groups in total. The summed E-state index contributed by atoms with van der Waals surface area (Å²) >= 11 is 0. The summed E-state index contributed by atoms with van der Waals surface area (Å²) in [5.74, 6) is 2.07. The molecule has 0 radical (unpaired) electrons. The Hall–Kier alpha value is -3.22. The van der Waals surface area contributed by atoms with E-state index < -0.39 is 0 Å². The second kappa shape index (κ2) is 11.2. The fourth-order valence-electron chi connectivity index (χ4n) is 3.66. The van der Waals surface area contributed by atoms with E-state index in [0.717, 1.165) is 24.2 Å². The number of carbonyl (C=O) groups excluding carboxylic acids is 2. The topological polar surface area (TPSA) is 77.1 Å². The number of likely N-dealkylation sites (tertiary alicyclic amines) is 1. The number of benzene rings is 2. The lowest BCUT2D eigenvalue weighted by Gasteiger charge is -2.32. The third-order valence-electron chi connectivity index (χ3n) is 5.35. The zero-order chi connectivity index (χ0) is 22.1. The molecule has 0 unspecified atom stereocenters. The summed E-state index contributed by atoms with van der Waals surface area (Å²) in [6, 6.07) is 15.0. The molecule has 1 aliphatic heterocycles. The van der Waals surface area contributed by atoms with E-state index in [1.807, 2.05) is 47.4 Å². The van der Waals surface area contributed by atoms with E-state index in [9.17, 15) is 9.59 Å². The Bertz CT molecular complexity index is 864. The van der Waals surface area contributed by atoms with Gasteiger partial charge < -0.3 is 24.4 Å². The Labute approximate surface area is 183 Å². The van der Waals surface area contributed by atoms with Crippen LogP contribution < -0.4 is 19.5 Å². The minimum absolute atomic E-state index is 0.0340. The van der Waals surface area contributed by atoms with E-state index in [-0.39, 0.29) is 24.3 Å². The number of nitrogens with one attached hydrogen (secondary N) is 1. The van der Waals surface area contributed by atoms with Gasteiger partial charge in [-0.1, -0.05) is 24.3 Å². The second-order valence-corrected chi connectivity index (χ2v) is 7.50. The van der Waals surface area contributed by atoms with E-state index in [1.165, 1.54) is 0 Å². The van der Waals surface area contributed by atoms with E-state index in [0.29, 0.717) is 37.6 Å². The summed E-state index contributed by atoms with van der Waals surface area (Å²) < 4.78 is 16.1. The van der Waals surface area contributed by atoms with Crippen molar-refractivity contribution in [3.8, 4) is 17.2 Å². The van der Waals surface area contributed by atoms with Crippen LogP contribution in [0.25, 0.3) is 0 Å². The number of ether oxygens (including phenoxy) is 3. The van der Waals surface area contributed by atoms with Gasteiger partial charge in [0.15, 0.2) is 11.5 Å². The number of piperidine rings is 1. The van der Waals surface area contributed by atoms with Crippen molar-refractivity contribution in [2.75, 3.05) is 33.9 Å². The van der Waals surface area contributed by atoms with Gasteiger partial charge in [0.05, 0.1) is 33.7 Å². The summed E-state index contributed by atoms with van der Waals surface area (Å²) in [6.07, 6.45) is 2.13. The van der Waals surface area contributed by atoms with Crippen LogP contribution >= 0.6 is 0 Å². The zero-order valence-electron chi connectivity index (χ0n) is 18.1. The first-order chi connectivity index (χ1) is 15.1. The number of para-hydroxylation sites is 1. The lowest BCUT2D eigenvalue weighted by Crippen LogP contribution is -2.47. The maximum Gasteiger partial charge on any atom is 0.225 e. The summed E-state index contributed by atoms with van der Waals surface area (Å²) in [5, 5.41) is 3.08. The predicted molar refractivity (Wildman–Crippen MR) is 118 cm³/mol. The van der Waals surface area contributed by atoms with Crippen LogP contribution in [0.15, 0.2) is 48.5 Å². The van der Waals surface area contributed by atoms with Crippen LogP contribution in [0.4, 0.5) is 0 Å². The average molecular weight is 427 g/mol. The molecule has 0 bridgehead atoms. The number of hydrogen-bond acceptors (Lipinski definition) is 5. The summed E-state index contributed by atoms with van der Waals surface area (Å²) in [4.78, 5) is 26.7. The molecule has 2 amide bonds. The van der Waals surface area contributed by atoms with Crippen molar-refractivity contribution < 1.29 is 23.8 Å². The van der Waals surface area contributed by atoms with Gasteiger partial charge >= 0.3 is 0 Å². The van der Waals surface area contributed by atoms with E-state index >= 15 is 0 Å². The van der Waals surface area contributed by atoms with E-state index in [2.05, 4.69) is 5.32 Å². The smallest absolute Gasteiger partial charge is 0.225 e. The van der Waals surface area contributed by atoms with Crippen molar-refractivity contribution in [3.63, 3.8) is 0 Å². The summed E-state index contributed by atoms with van der Waals surface area (Å²) in [5.41, 5.74) is 0.862. The Morgan fingerprint density at radius 2 is 1.71 bits per heavy atom. The van der Waals surface area contributed by atoms with Gasteiger partial charge in [0.2, 0.25) is 11.8 Å². The second-order valence-electron chi connectivity index (χ2n) is 7.50.